The number of hydrogen-bond acceptors (Lipinski definition) is 6. The molecule has 7 nitrogen and oxygen atoms in total. The lowest BCUT2D eigenvalue weighted by Gasteiger charge is -2.26. The van der Waals surface area contributed by atoms with Crippen molar-refractivity contribution in [2.24, 2.45) is 0 Å². The second-order valence-electron chi connectivity index (χ2n) is 8.89. The number of likely N-dealkylation sites (tertiary alicyclic amines) is 1. The predicted molar refractivity (Wildman–Crippen MR) is 141 cm³/mol. The van der Waals surface area contributed by atoms with Crippen LogP contribution in [0.3, 0.4) is 0 Å². The molecule has 1 unspecified atom stereocenters. The van der Waals surface area contributed by atoms with Crippen molar-refractivity contribution in [2.75, 3.05) is 40.4 Å². The minimum absolute atomic E-state index is 0.0764. The third kappa shape index (κ3) is 6.04. The first kappa shape index (κ1) is 26.8. The predicted octanol–water partition coefficient (Wildman–Crippen LogP) is 4.50. The number of hydrogen-bond donors (Lipinski definition) is 1. The van der Waals surface area contributed by atoms with Crippen LogP contribution in [0.2, 0.25) is 0 Å². The molecular formula is C29H34N2O5. The van der Waals surface area contributed by atoms with Gasteiger partial charge in [-0.05, 0) is 75.4 Å². The molecule has 1 amide bonds. The Morgan fingerprint density at radius 2 is 1.64 bits per heavy atom. The second kappa shape index (κ2) is 12.2. The zero-order valence-corrected chi connectivity index (χ0v) is 21.2. The van der Waals surface area contributed by atoms with Gasteiger partial charge >= 0.3 is 0 Å². The maximum atomic E-state index is 13.2. The molecule has 0 bridgehead atoms. The van der Waals surface area contributed by atoms with E-state index in [-0.39, 0.29) is 11.3 Å². The summed E-state index contributed by atoms with van der Waals surface area (Å²) in [5, 5.41) is 11.4. The summed E-state index contributed by atoms with van der Waals surface area (Å²) in [5.41, 5.74) is 1.99. The number of carbonyl (C=O) groups excluding carboxylic acids is 2. The number of Topliss-reactive ketones (excluding diaryl/α,β-unsaturated/α-hetero) is 1. The van der Waals surface area contributed by atoms with Crippen molar-refractivity contribution >= 4 is 17.4 Å². The lowest BCUT2D eigenvalue weighted by Crippen LogP contribution is -2.32. The molecule has 7 heteroatoms. The van der Waals surface area contributed by atoms with Crippen LogP contribution in [0.1, 0.15) is 29.2 Å². The van der Waals surface area contributed by atoms with Crippen LogP contribution >= 0.6 is 0 Å². The fraction of sp³-hybridized carbons (Fsp3) is 0.310. The number of carbonyl (C=O) groups is 2. The Hall–Kier alpha value is -3.84. The molecule has 1 aliphatic rings. The second-order valence-corrected chi connectivity index (χ2v) is 8.89. The smallest absolute Gasteiger partial charge is 0.295 e. The van der Waals surface area contributed by atoms with Gasteiger partial charge in [0.25, 0.3) is 11.7 Å². The fourth-order valence-corrected chi connectivity index (χ4v) is 4.21. The number of ether oxygens (including phenoxy) is 2. The van der Waals surface area contributed by atoms with Gasteiger partial charge in [-0.3, -0.25) is 9.59 Å². The zero-order valence-electron chi connectivity index (χ0n) is 21.2. The van der Waals surface area contributed by atoms with Crippen molar-refractivity contribution in [3.8, 4) is 11.5 Å². The minimum atomic E-state index is -0.711. The summed E-state index contributed by atoms with van der Waals surface area (Å²) in [5.74, 6) is -0.237. The first-order valence-corrected chi connectivity index (χ1v) is 11.9. The van der Waals surface area contributed by atoms with E-state index in [1.54, 1.807) is 47.4 Å². The van der Waals surface area contributed by atoms with Gasteiger partial charge in [-0.2, -0.15) is 0 Å². The average Bonchev–Trinajstić information content (AvgIpc) is 3.11. The van der Waals surface area contributed by atoms with E-state index in [0.717, 1.165) is 17.7 Å². The zero-order chi connectivity index (χ0) is 26.2. The number of aliphatic hydroxyl groups excluding tert-OH is 1. The first-order valence-electron chi connectivity index (χ1n) is 11.9. The van der Waals surface area contributed by atoms with Gasteiger partial charge < -0.3 is 24.4 Å². The standard InChI is InChI=1S/C29H34N2O5/c1-6-17-35-22-11-9-21(10-12-22)26-25(28(33)29(34)31(26)16-8-15-30(4)5)27(32)24-14-13-23(19-20(24)3)36-18-7-2/h6-7,9-14,19,26,32H,1-2,8,15-18H2,3-5H3/b27-25-. The van der Waals surface area contributed by atoms with Gasteiger partial charge in [0.2, 0.25) is 0 Å². The topological polar surface area (TPSA) is 79.3 Å². The molecule has 3 rings (SSSR count). The van der Waals surface area contributed by atoms with Crippen molar-refractivity contribution in [1.82, 2.24) is 9.80 Å². The highest BCUT2D eigenvalue weighted by Crippen LogP contribution is 2.40. The highest BCUT2D eigenvalue weighted by atomic mass is 16.5. The number of aryl methyl sites for hydroxylation is 1. The van der Waals surface area contributed by atoms with E-state index in [0.29, 0.717) is 43.2 Å². The molecule has 0 saturated carbocycles. The third-order valence-electron chi connectivity index (χ3n) is 5.93. The molecule has 0 aromatic heterocycles. The maximum Gasteiger partial charge on any atom is 0.295 e. The molecule has 36 heavy (non-hydrogen) atoms. The Balaban J connectivity index is 2.05. The van der Waals surface area contributed by atoms with Gasteiger partial charge in [0, 0.05) is 12.1 Å². The maximum absolute atomic E-state index is 13.2. The van der Waals surface area contributed by atoms with E-state index >= 15 is 0 Å². The molecule has 1 aliphatic heterocycles. The normalized spacial score (nSPS) is 16.9. The molecule has 1 heterocycles. The Morgan fingerprint density at radius 1 is 1.03 bits per heavy atom. The Labute approximate surface area is 212 Å². The summed E-state index contributed by atoms with van der Waals surface area (Å²) < 4.78 is 11.2. The fourth-order valence-electron chi connectivity index (χ4n) is 4.21. The molecule has 0 aliphatic carbocycles. The molecule has 1 saturated heterocycles. The van der Waals surface area contributed by atoms with Crippen LogP contribution in [0.15, 0.2) is 73.3 Å². The molecule has 1 N–H and O–H groups in total. The largest absolute Gasteiger partial charge is 0.507 e. The monoisotopic (exact) mass is 490 g/mol. The van der Waals surface area contributed by atoms with Gasteiger partial charge in [0.05, 0.1) is 11.6 Å². The van der Waals surface area contributed by atoms with Gasteiger partial charge in [0.15, 0.2) is 0 Å². The average molecular weight is 491 g/mol. The summed E-state index contributed by atoms with van der Waals surface area (Å²) in [6, 6.07) is 11.7. The molecule has 2 aromatic carbocycles. The molecule has 1 atom stereocenters. The number of amides is 1. The van der Waals surface area contributed by atoms with Crippen LogP contribution in [-0.4, -0.2) is 67.0 Å². The Kier molecular flexibility index (Phi) is 9.08. The Morgan fingerprint density at radius 3 is 2.22 bits per heavy atom. The van der Waals surface area contributed by atoms with Gasteiger partial charge in [-0.1, -0.05) is 37.4 Å². The first-order chi connectivity index (χ1) is 17.3. The number of rotatable bonds is 12. The lowest BCUT2D eigenvalue weighted by molar-refractivity contribution is -0.139. The molecular weight excluding hydrogens is 456 g/mol. The third-order valence-corrected chi connectivity index (χ3v) is 5.93. The van der Waals surface area contributed by atoms with Crippen molar-refractivity contribution in [3.05, 3.63) is 90.0 Å². The van der Waals surface area contributed by atoms with E-state index in [2.05, 4.69) is 13.2 Å². The van der Waals surface area contributed by atoms with Crippen LogP contribution in [-0.2, 0) is 9.59 Å². The van der Waals surface area contributed by atoms with Crippen LogP contribution < -0.4 is 9.47 Å². The molecule has 0 radical (unpaired) electrons. The van der Waals surface area contributed by atoms with Crippen molar-refractivity contribution in [3.63, 3.8) is 0 Å². The van der Waals surface area contributed by atoms with Crippen molar-refractivity contribution in [2.45, 2.75) is 19.4 Å². The molecule has 0 spiro atoms. The minimum Gasteiger partial charge on any atom is -0.507 e. The van der Waals surface area contributed by atoms with Crippen molar-refractivity contribution < 1.29 is 24.2 Å². The summed E-state index contributed by atoms with van der Waals surface area (Å²) in [6.07, 6.45) is 3.99. The number of nitrogens with zero attached hydrogens (tertiary/aromatic N) is 2. The number of aliphatic hydroxyl groups is 1. The van der Waals surface area contributed by atoms with Gasteiger partial charge in [-0.15, -0.1) is 0 Å². The van der Waals surface area contributed by atoms with E-state index in [4.69, 9.17) is 9.47 Å². The van der Waals surface area contributed by atoms with Crippen molar-refractivity contribution in [1.29, 1.82) is 0 Å². The number of ketones is 1. The summed E-state index contributed by atoms with van der Waals surface area (Å²) in [6.45, 7) is 11.0. The number of benzene rings is 2. The molecule has 2 aromatic rings. The lowest BCUT2D eigenvalue weighted by atomic mass is 9.93. The summed E-state index contributed by atoms with van der Waals surface area (Å²) in [7, 11) is 3.91. The summed E-state index contributed by atoms with van der Waals surface area (Å²) >= 11 is 0. The van der Waals surface area contributed by atoms with Crippen LogP contribution in [0, 0.1) is 6.92 Å². The molecule has 1 fully saturated rings. The quantitative estimate of drug-likeness (QED) is 0.204. The van der Waals surface area contributed by atoms with E-state index in [9.17, 15) is 14.7 Å². The SMILES string of the molecule is C=CCOc1ccc(C2/C(=C(/O)c3ccc(OCC=C)cc3C)C(=O)C(=O)N2CCCN(C)C)cc1. The van der Waals surface area contributed by atoms with E-state index < -0.39 is 17.7 Å². The van der Waals surface area contributed by atoms with Gasteiger partial charge in [0.1, 0.15) is 30.5 Å². The summed E-state index contributed by atoms with van der Waals surface area (Å²) in [4.78, 5) is 30.0. The van der Waals surface area contributed by atoms with Crippen LogP contribution in [0.5, 0.6) is 11.5 Å². The van der Waals surface area contributed by atoms with Gasteiger partial charge in [-0.25, -0.2) is 0 Å². The highest BCUT2D eigenvalue weighted by molar-refractivity contribution is 6.46. The van der Waals surface area contributed by atoms with Crippen LogP contribution in [0.4, 0.5) is 0 Å². The highest BCUT2D eigenvalue weighted by Gasteiger charge is 2.45. The van der Waals surface area contributed by atoms with Crippen LogP contribution in [0.25, 0.3) is 5.76 Å². The Bertz CT molecular complexity index is 1150. The molecule has 190 valence electrons. The van der Waals surface area contributed by atoms with E-state index in [1.807, 2.05) is 38.1 Å². The van der Waals surface area contributed by atoms with E-state index in [1.165, 1.54) is 0 Å².